The van der Waals surface area contributed by atoms with E-state index < -0.39 is 33.8 Å². The Morgan fingerprint density at radius 3 is 2.50 bits per heavy atom. The molecule has 2 aromatic rings. The van der Waals surface area contributed by atoms with Gasteiger partial charge in [-0.05, 0) is 55.3 Å². The number of rotatable bonds is 5. The van der Waals surface area contributed by atoms with Gasteiger partial charge < -0.3 is 10.1 Å². The molecule has 0 spiro atoms. The molecule has 2 aliphatic rings. The van der Waals surface area contributed by atoms with Crippen molar-refractivity contribution in [2.45, 2.75) is 23.8 Å². The summed E-state index contributed by atoms with van der Waals surface area (Å²) in [6.45, 7) is 0.230. The Kier molecular flexibility index (Phi) is 5.04. The highest BCUT2D eigenvalue weighted by molar-refractivity contribution is 7.89. The molecular weight excluding hydrogens is 410 g/mol. The molecule has 0 saturated carbocycles. The SMILES string of the molecule is COc1ccc(S(=O)(=O)N2CCC[C@H]2C(=O)Nc2ccc3c(c2)C(=O)NC3=O)cc1. The molecule has 2 heterocycles. The first kappa shape index (κ1) is 20.0. The number of imide groups is 1. The predicted molar refractivity (Wildman–Crippen MR) is 107 cm³/mol. The molecule has 2 aromatic carbocycles. The van der Waals surface area contributed by atoms with Crippen LogP contribution in [0.15, 0.2) is 47.4 Å². The van der Waals surface area contributed by atoms with Crippen molar-refractivity contribution in [3.05, 3.63) is 53.6 Å². The average molecular weight is 429 g/mol. The predicted octanol–water partition coefficient (Wildman–Crippen LogP) is 1.37. The van der Waals surface area contributed by atoms with E-state index in [9.17, 15) is 22.8 Å². The second-order valence-corrected chi connectivity index (χ2v) is 8.87. The highest BCUT2D eigenvalue weighted by Gasteiger charge is 2.39. The van der Waals surface area contributed by atoms with Crippen molar-refractivity contribution in [3.8, 4) is 5.75 Å². The molecule has 2 N–H and O–H groups in total. The molecule has 0 radical (unpaired) electrons. The first-order valence-electron chi connectivity index (χ1n) is 9.28. The fourth-order valence-corrected chi connectivity index (χ4v) is 5.30. The number of benzene rings is 2. The minimum Gasteiger partial charge on any atom is -0.497 e. The van der Waals surface area contributed by atoms with Gasteiger partial charge in [0.15, 0.2) is 0 Å². The van der Waals surface area contributed by atoms with Gasteiger partial charge in [-0.25, -0.2) is 8.42 Å². The Morgan fingerprint density at radius 1 is 1.10 bits per heavy atom. The molecule has 9 nitrogen and oxygen atoms in total. The van der Waals surface area contributed by atoms with Crippen LogP contribution in [0.25, 0.3) is 0 Å². The summed E-state index contributed by atoms with van der Waals surface area (Å²) in [5, 5.41) is 4.85. The first-order valence-corrected chi connectivity index (χ1v) is 10.7. The lowest BCUT2D eigenvalue weighted by Crippen LogP contribution is -2.43. The zero-order chi connectivity index (χ0) is 21.5. The second kappa shape index (κ2) is 7.54. The van der Waals surface area contributed by atoms with Gasteiger partial charge >= 0.3 is 0 Å². The fraction of sp³-hybridized carbons (Fsp3) is 0.250. The largest absolute Gasteiger partial charge is 0.497 e. The Hall–Kier alpha value is -3.24. The van der Waals surface area contributed by atoms with Gasteiger partial charge in [-0.15, -0.1) is 0 Å². The summed E-state index contributed by atoms with van der Waals surface area (Å²) in [5.41, 5.74) is 0.729. The van der Waals surface area contributed by atoms with Crippen LogP contribution in [0.2, 0.25) is 0 Å². The van der Waals surface area contributed by atoms with Gasteiger partial charge in [-0.2, -0.15) is 4.31 Å². The van der Waals surface area contributed by atoms with E-state index in [4.69, 9.17) is 4.74 Å². The van der Waals surface area contributed by atoms with E-state index in [0.717, 1.165) is 0 Å². The molecule has 0 bridgehead atoms. The van der Waals surface area contributed by atoms with Crippen LogP contribution in [0, 0.1) is 0 Å². The lowest BCUT2D eigenvalue weighted by molar-refractivity contribution is -0.119. The number of hydrogen-bond acceptors (Lipinski definition) is 6. The van der Waals surface area contributed by atoms with E-state index in [2.05, 4.69) is 10.6 Å². The third-order valence-corrected chi connectivity index (χ3v) is 7.10. The number of amides is 3. The van der Waals surface area contributed by atoms with Gasteiger partial charge in [-0.1, -0.05) is 0 Å². The van der Waals surface area contributed by atoms with Gasteiger partial charge in [0.1, 0.15) is 11.8 Å². The van der Waals surface area contributed by atoms with Crippen molar-refractivity contribution in [1.82, 2.24) is 9.62 Å². The quantitative estimate of drug-likeness (QED) is 0.693. The van der Waals surface area contributed by atoms with Gasteiger partial charge in [0, 0.05) is 12.2 Å². The van der Waals surface area contributed by atoms with Crippen molar-refractivity contribution in [2.24, 2.45) is 0 Å². The molecule has 0 unspecified atom stereocenters. The Morgan fingerprint density at radius 2 is 1.80 bits per heavy atom. The summed E-state index contributed by atoms with van der Waals surface area (Å²) in [4.78, 5) is 36.4. The maximum absolute atomic E-state index is 13.0. The van der Waals surface area contributed by atoms with Crippen LogP contribution in [0.3, 0.4) is 0 Å². The fourth-order valence-electron chi connectivity index (χ4n) is 3.64. The van der Waals surface area contributed by atoms with Crippen molar-refractivity contribution in [2.75, 3.05) is 19.0 Å². The van der Waals surface area contributed by atoms with Crippen LogP contribution in [-0.2, 0) is 14.8 Å². The van der Waals surface area contributed by atoms with Crippen molar-refractivity contribution in [3.63, 3.8) is 0 Å². The van der Waals surface area contributed by atoms with Crippen LogP contribution in [0.5, 0.6) is 5.75 Å². The average Bonchev–Trinajstić information content (AvgIpc) is 3.34. The van der Waals surface area contributed by atoms with Crippen molar-refractivity contribution >= 4 is 33.4 Å². The topological polar surface area (TPSA) is 122 Å². The summed E-state index contributed by atoms with van der Waals surface area (Å²) in [5.74, 6) is -0.978. The minimum atomic E-state index is -3.87. The molecule has 2 aliphatic heterocycles. The molecule has 0 aromatic heterocycles. The lowest BCUT2D eigenvalue weighted by Gasteiger charge is -2.23. The van der Waals surface area contributed by atoms with Crippen LogP contribution < -0.4 is 15.4 Å². The number of carbonyl (C=O) groups excluding carboxylic acids is 3. The van der Waals surface area contributed by atoms with E-state index in [0.29, 0.717) is 24.3 Å². The number of nitrogens with one attached hydrogen (secondary N) is 2. The number of sulfonamides is 1. The highest BCUT2D eigenvalue weighted by Crippen LogP contribution is 2.28. The van der Waals surface area contributed by atoms with Crippen molar-refractivity contribution < 1.29 is 27.5 Å². The summed E-state index contributed by atoms with van der Waals surface area (Å²) in [7, 11) is -2.38. The molecule has 3 amide bonds. The molecule has 1 fully saturated rings. The summed E-state index contributed by atoms with van der Waals surface area (Å²) in [6, 6.07) is 9.47. The molecule has 1 saturated heterocycles. The van der Waals surface area contributed by atoms with Crippen LogP contribution in [-0.4, -0.2) is 50.1 Å². The first-order chi connectivity index (χ1) is 14.3. The number of carbonyl (C=O) groups is 3. The molecule has 30 heavy (non-hydrogen) atoms. The summed E-state index contributed by atoms with van der Waals surface area (Å²) in [6.07, 6.45) is 0.930. The van der Waals surface area contributed by atoms with Crippen LogP contribution in [0.4, 0.5) is 5.69 Å². The minimum absolute atomic E-state index is 0.0794. The number of nitrogens with zero attached hydrogens (tertiary/aromatic N) is 1. The number of methoxy groups -OCH3 is 1. The number of hydrogen-bond donors (Lipinski definition) is 2. The number of ether oxygens (including phenoxy) is 1. The molecule has 0 aliphatic carbocycles. The van der Waals surface area contributed by atoms with Gasteiger partial charge in [0.25, 0.3) is 11.8 Å². The van der Waals surface area contributed by atoms with Gasteiger partial charge in [0.05, 0.1) is 23.1 Å². The third-order valence-electron chi connectivity index (χ3n) is 5.18. The molecule has 4 rings (SSSR count). The maximum atomic E-state index is 13.0. The van der Waals surface area contributed by atoms with E-state index in [1.54, 1.807) is 12.1 Å². The second-order valence-electron chi connectivity index (χ2n) is 6.98. The molecule has 1 atom stereocenters. The zero-order valence-corrected chi connectivity index (χ0v) is 16.9. The van der Waals surface area contributed by atoms with Crippen LogP contribution in [0.1, 0.15) is 33.6 Å². The van der Waals surface area contributed by atoms with E-state index >= 15 is 0 Å². The van der Waals surface area contributed by atoms with E-state index in [-0.39, 0.29) is 22.6 Å². The standard InChI is InChI=1S/C20H19N3O6S/c1-29-13-5-7-14(8-6-13)30(27,28)23-10-2-3-17(23)20(26)21-12-4-9-15-16(11-12)19(25)22-18(15)24/h4-9,11,17H,2-3,10H2,1H3,(H,21,26)(H,22,24,25)/t17-/m0/s1. The zero-order valence-electron chi connectivity index (χ0n) is 16.0. The van der Waals surface area contributed by atoms with E-state index in [1.165, 1.54) is 41.7 Å². The summed E-state index contributed by atoms with van der Waals surface area (Å²) < 4.78 is 32.3. The summed E-state index contributed by atoms with van der Waals surface area (Å²) >= 11 is 0. The monoisotopic (exact) mass is 429 g/mol. The number of anilines is 1. The van der Waals surface area contributed by atoms with Crippen molar-refractivity contribution in [1.29, 1.82) is 0 Å². The Balaban J connectivity index is 1.54. The molecule has 10 heteroatoms. The van der Waals surface area contributed by atoms with Gasteiger partial charge in [-0.3, -0.25) is 19.7 Å². The van der Waals surface area contributed by atoms with Gasteiger partial charge in [0.2, 0.25) is 15.9 Å². The van der Waals surface area contributed by atoms with Crippen LogP contribution >= 0.6 is 0 Å². The number of fused-ring (bicyclic) bond motifs is 1. The normalized spacial score (nSPS) is 18.8. The lowest BCUT2D eigenvalue weighted by atomic mass is 10.1. The highest BCUT2D eigenvalue weighted by atomic mass is 32.2. The van der Waals surface area contributed by atoms with E-state index in [1.807, 2.05) is 0 Å². The smallest absolute Gasteiger partial charge is 0.259 e. The molecular formula is C20H19N3O6S. The third kappa shape index (κ3) is 3.44. The molecule has 156 valence electrons. The maximum Gasteiger partial charge on any atom is 0.259 e. The Labute approximate surface area is 173 Å². The Bertz CT molecular complexity index is 1140.